The first-order chi connectivity index (χ1) is 26.3. The molecule has 4 aromatic heterocycles. The van der Waals surface area contributed by atoms with Crippen LogP contribution >= 0.6 is 11.3 Å². The highest BCUT2D eigenvalue weighted by molar-refractivity contribution is 7.16. The lowest BCUT2D eigenvalue weighted by Gasteiger charge is -2.39. The highest BCUT2D eigenvalue weighted by atomic mass is 32.1. The molecule has 0 radical (unpaired) electrons. The van der Waals surface area contributed by atoms with Gasteiger partial charge >= 0.3 is 12.0 Å². The number of nitriles is 1. The summed E-state index contributed by atoms with van der Waals surface area (Å²) in [6, 6.07) is 4.89. The smallest absolute Gasteiger partial charge is 0.362 e. The molecule has 3 unspecified atom stereocenters. The average molecular weight is 750 g/mol. The predicted molar refractivity (Wildman–Crippen MR) is 201 cm³/mol. The van der Waals surface area contributed by atoms with Crippen molar-refractivity contribution >= 4 is 28.2 Å². The maximum Gasteiger partial charge on any atom is 0.362 e. The van der Waals surface area contributed by atoms with Gasteiger partial charge in [0.15, 0.2) is 5.76 Å². The molecule has 14 nitrogen and oxygen atoms in total. The number of amides is 1. The zero-order chi connectivity index (χ0) is 36.8. The average Bonchev–Trinajstić information content (AvgIpc) is 4.00. The number of carbonyl (C=O) groups is 1. The van der Waals surface area contributed by atoms with Crippen molar-refractivity contribution in [2.75, 3.05) is 24.1 Å². The van der Waals surface area contributed by atoms with Crippen LogP contribution in [0.15, 0.2) is 16.8 Å². The summed E-state index contributed by atoms with van der Waals surface area (Å²) in [5, 5.41) is 27.8. The summed E-state index contributed by atoms with van der Waals surface area (Å²) >= 11 is 1.55. The lowest BCUT2D eigenvalue weighted by Crippen LogP contribution is -2.51. The second kappa shape index (κ2) is 12.8. The van der Waals surface area contributed by atoms with Gasteiger partial charge in [0.1, 0.15) is 34.4 Å². The van der Waals surface area contributed by atoms with Crippen LogP contribution in [0.2, 0.25) is 0 Å². The molecule has 3 N–H and O–H groups in total. The molecule has 282 valence electrons. The van der Waals surface area contributed by atoms with E-state index in [-0.39, 0.29) is 35.8 Å². The standard InChI is InChI=1S/C39H47N11O3S/c1-22-21-42-50(46-22)37(51)49-25-9-10-26(49)18-24(17-25)43-31-19-29(44-36(45-31)52-23(2)39-13-5-15-48(39)16-6-14-39)33-27-7-3-11-38(34(27)53-47-33)12-4-8-30-32(38)28(20-40)35(41)54-30/h19,21,23-26H,3-18,41H2,1-2H3,(H,43,44,45)/t23?,24?,25?,26?,38-/m0/s1. The number of nitrogens with zero attached hydrogens (tertiary/aromatic N) is 9. The van der Waals surface area contributed by atoms with E-state index in [4.69, 9.17) is 30.1 Å². The van der Waals surface area contributed by atoms with E-state index in [9.17, 15) is 10.1 Å². The van der Waals surface area contributed by atoms with Gasteiger partial charge in [-0.25, -0.2) is 4.79 Å². The topological polar surface area (TPSA) is 177 Å². The molecule has 4 aromatic rings. The SMILES string of the molecule is Cc1cnn(C(=O)N2C3CCC2CC(Nc2cc(-c4noc5c4CCC[C@@]54CCCc5sc(N)c(C#N)c54)nc(OC(C)C45CCCN4CCC5)n2)C3)n1. The molecule has 15 heteroatoms. The molecule has 4 atom stereocenters. The largest absolute Gasteiger partial charge is 0.458 e. The molecule has 0 saturated carbocycles. The zero-order valence-electron chi connectivity index (χ0n) is 31.0. The summed E-state index contributed by atoms with van der Waals surface area (Å²) in [5.74, 6) is 1.53. The Hall–Kier alpha value is -4.55. The van der Waals surface area contributed by atoms with Crippen LogP contribution in [0.1, 0.15) is 117 Å². The molecule has 10 rings (SSSR count). The molecule has 1 amide bonds. The van der Waals surface area contributed by atoms with Gasteiger partial charge in [0, 0.05) is 34.6 Å². The second-order valence-corrected chi connectivity index (χ2v) is 17.7. The van der Waals surface area contributed by atoms with Crippen LogP contribution in [0.4, 0.5) is 15.6 Å². The molecule has 0 aromatic carbocycles. The maximum atomic E-state index is 13.4. The van der Waals surface area contributed by atoms with Crippen LogP contribution in [-0.2, 0) is 18.3 Å². The van der Waals surface area contributed by atoms with Gasteiger partial charge in [-0.1, -0.05) is 9.95 Å². The number of nitrogen functional groups attached to an aromatic ring is 1. The van der Waals surface area contributed by atoms with Crippen LogP contribution in [0.25, 0.3) is 11.4 Å². The van der Waals surface area contributed by atoms with Crippen LogP contribution in [0, 0.1) is 18.3 Å². The normalized spacial score (nSPS) is 27.4. The van der Waals surface area contributed by atoms with Crippen molar-refractivity contribution in [1.29, 1.82) is 5.26 Å². The van der Waals surface area contributed by atoms with Crippen molar-refractivity contribution in [3.8, 4) is 23.5 Å². The number of rotatable bonds is 6. The number of fused-ring (bicyclic) bond motifs is 7. The van der Waals surface area contributed by atoms with Gasteiger partial charge in [0.25, 0.3) is 0 Å². The summed E-state index contributed by atoms with van der Waals surface area (Å²) in [7, 11) is 0. The third-order valence-corrected chi connectivity index (χ3v) is 14.7. The number of anilines is 2. The van der Waals surface area contributed by atoms with E-state index in [2.05, 4.69) is 33.4 Å². The monoisotopic (exact) mass is 749 g/mol. The number of nitrogens with one attached hydrogen (secondary N) is 1. The zero-order valence-corrected chi connectivity index (χ0v) is 31.8. The Labute approximate surface area is 318 Å². The third-order valence-electron chi connectivity index (χ3n) is 13.6. The molecular weight excluding hydrogens is 703 g/mol. The maximum absolute atomic E-state index is 13.4. The number of hydrogen-bond donors (Lipinski definition) is 2. The van der Waals surface area contributed by atoms with Gasteiger partial charge in [-0.05, 0) is 122 Å². The van der Waals surface area contributed by atoms with Crippen molar-refractivity contribution in [3.63, 3.8) is 0 Å². The van der Waals surface area contributed by atoms with Crippen molar-refractivity contribution in [2.45, 2.75) is 139 Å². The summed E-state index contributed by atoms with van der Waals surface area (Å²) < 4.78 is 13.2. The van der Waals surface area contributed by atoms with E-state index < -0.39 is 5.41 Å². The minimum Gasteiger partial charge on any atom is -0.458 e. The molecular formula is C39H47N11O3S. The lowest BCUT2D eigenvalue weighted by atomic mass is 9.63. The van der Waals surface area contributed by atoms with Gasteiger partial charge in [-0.15, -0.1) is 16.4 Å². The molecule has 4 fully saturated rings. The number of piperidine rings is 1. The molecule has 4 aliphatic heterocycles. The first-order valence-electron chi connectivity index (χ1n) is 19.9. The lowest BCUT2D eigenvalue weighted by molar-refractivity contribution is 0.0406. The number of aromatic nitrogens is 6. The van der Waals surface area contributed by atoms with Crippen LogP contribution in [0.3, 0.4) is 0 Å². The number of hydrogen-bond acceptors (Lipinski definition) is 13. The summed E-state index contributed by atoms with van der Waals surface area (Å²) in [6.45, 7) is 6.24. The molecule has 8 heterocycles. The number of thiophene rings is 1. The number of aryl methyl sites for hydroxylation is 2. The Morgan fingerprint density at radius 1 is 1.11 bits per heavy atom. The Morgan fingerprint density at radius 3 is 2.59 bits per heavy atom. The Balaban J connectivity index is 0.991. The molecule has 2 aliphatic carbocycles. The molecule has 6 aliphatic rings. The number of ether oxygens (including phenoxy) is 1. The first-order valence-corrected chi connectivity index (χ1v) is 20.7. The predicted octanol–water partition coefficient (Wildman–Crippen LogP) is 5.98. The van der Waals surface area contributed by atoms with Gasteiger partial charge in [0.2, 0.25) is 0 Å². The van der Waals surface area contributed by atoms with Crippen LogP contribution in [-0.4, -0.2) is 88.8 Å². The summed E-state index contributed by atoms with van der Waals surface area (Å²) in [4.78, 5) is 30.6. The van der Waals surface area contributed by atoms with Crippen molar-refractivity contribution in [2.24, 2.45) is 0 Å². The summed E-state index contributed by atoms with van der Waals surface area (Å²) in [5.41, 5.74) is 10.8. The number of carbonyl (C=O) groups excluding carboxylic acids is 1. The minimum atomic E-state index is -0.420. The van der Waals surface area contributed by atoms with E-state index in [0.717, 1.165) is 113 Å². The highest BCUT2D eigenvalue weighted by Crippen LogP contribution is 2.55. The fourth-order valence-corrected chi connectivity index (χ4v) is 12.5. The molecule has 54 heavy (non-hydrogen) atoms. The van der Waals surface area contributed by atoms with Gasteiger partial charge in [0.05, 0.1) is 28.4 Å². The van der Waals surface area contributed by atoms with E-state index >= 15 is 0 Å². The number of nitrogens with two attached hydrogens (primary N) is 1. The minimum absolute atomic E-state index is 0.00639. The fraction of sp³-hybridized carbons (Fsp3) is 0.615. The Kier molecular flexibility index (Phi) is 8.03. The van der Waals surface area contributed by atoms with Crippen molar-refractivity contribution < 1.29 is 14.1 Å². The summed E-state index contributed by atoms with van der Waals surface area (Å²) in [6.07, 6.45) is 15.1. The van der Waals surface area contributed by atoms with Crippen molar-refractivity contribution in [1.82, 2.24) is 39.9 Å². The first kappa shape index (κ1) is 34.0. The van der Waals surface area contributed by atoms with Crippen LogP contribution in [0.5, 0.6) is 6.01 Å². The van der Waals surface area contributed by atoms with E-state index in [1.54, 1.807) is 17.5 Å². The van der Waals surface area contributed by atoms with Gasteiger partial charge in [-0.2, -0.15) is 20.3 Å². The van der Waals surface area contributed by atoms with E-state index in [1.165, 1.54) is 22.5 Å². The molecule has 4 saturated heterocycles. The van der Waals surface area contributed by atoms with Gasteiger partial charge < -0.3 is 25.2 Å². The van der Waals surface area contributed by atoms with Crippen molar-refractivity contribution in [3.05, 3.63) is 45.3 Å². The Bertz CT molecular complexity index is 2140. The Morgan fingerprint density at radius 2 is 1.87 bits per heavy atom. The molecule has 2 bridgehead atoms. The van der Waals surface area contributed by atoms with Crippen LogP contribution < -0.4 is 15.8 Å². The third kappa shape index (κ3) is 5.19. The quantitative estimate of drug-likeness (QED) is 0.236. The van der Waals surface area contributed by atoms with E-state index in [0.29, 0.717) is 33.8 Å². The molecule has 1 spiro atoms. The second-order valence-electron chi connectivity index (χ2n) is 16.5. The van der Waals surface area contributed by atoms with E-state index in [1.807, 2.05) is 17.9 Å². The highest BCUT2D eigenvalue weighted by Gasteiger charge is 2.51. The fourth-order valence-electron chi connectivity index (χ4n) is 11.3. The van der Waals surface area contributed by atoms with Gasteiger partial charge in [-0.3, -0.25) is 4.90 Å².